The first-order chi connectivity index (χ1) is 9.90. The fourth-order valence-electron chi connectivity index (χ4n) is 2.19. The molecule has 21 heavy (non-hydrogen) atoms. The maximum absolute atomic E-state index is 12.9. The molecule has 0 saturated carbocycles. The van der Waals surface area contributed by atoms with Gasteiger partial charge in [-0.25, -0.2) is 4.39 Å². The quantitative estimate of drug-likeness (QED) is 0.650. The molecule has 0 bridgehead atoms. The highest BCUT2D eigenvalue weighted by Gasteiger charge is 2.16. The smallest absolute Gasteiger partial charge is 0.123 e. The van der Waals surface area contributed by atoms with Crippen LogP contribution in [0.3, 0.4) is 0 Å². The second-order valence-corrected chi connectivity index (χ2v) is 6.09. The maximum Gasteiger partial charge on any atom is 0.123 e. The van der Waals surface area contributed by atoms with Gasteiger partial charge < -0.3 is 5.32 Å². The van der Waals surface area contributed by atoms with Crippen molar-refractivity contribution in [3.63, 3.8) is 0 Å². The van der Waals surface area contributed by atoms with Gasteiger partial charge in [0.1, 0.15) is 5.82 Å². The number of nitrogens with one attached hydrogen (secondary N) is 1. The Labute approximate surface area is 139 Å². The van der Waals surface area contributed by atoms with E-state index >= 15 is 0 Å². The van der Waals surface area contributed by atoms with Gasteiger partial charge in [0.25, 0.3) is 0 Å². The molecule has 2 aromatic rings. The average Bonchev–Trinajstić information content (AvgIpc) is 2.45. The van der Waals surface area contributed by atoms with Crippen molar-refractivity contribution in [3.8, 4) is 0 Å². The van der Waals surface area contributed by atoms with Crippen LogP contribution in [0.2, 0.25) is 15.1 Å². The second kappa shape index (κ2) is 6.97. The van der Waals surface area contributed by atoms with Crippen molar-refractivity contribution in [2.24, 2.45) is 0 Å². The van der Waals surface area contributed by atoms with Gasteiger partial charge in [-0.05, 0) is 43.2 Å². The first kappa shape index (κ1) is 16.6. The molecule has 112 valence electrons. The van der Waals surface area contributed by atoms with E-state index in [0.717, 1.165) is 11.1 Å². The van der Waals surface area contributed by atoms with Crippen molar-refractivity contribution in [2.45, 2.75) is 25.9 Å². The number of benzene rings is 2. The third-order valence-corrected chi connectivity index (χ3v) is 4.71. The highest BCUT2D eigenvalue weighted by molar-refractivity contribution is 6.48. The fourth-order valence-corrected chi connectivity index (χ4v) is 2.89. The lowest BCUT2D eigenvalue weighted by atomic mass is 10.0. The van der Waals surface area contributed by atoms with E-state index in [2.05, 4.69) is 5.32 Å². The van der Waals surface area contributed by atoms with E-state index in [9.17, 15) is 4.39 Å². The Morgan fingerprint density at radius 2 is 1.48 bits per heavy atom. The molecule has 0 heterocycles. The van der Waals surface area contributed by atoms with Crippen molar-refractivity contribution in [1.82, 2.24) is 5.32 Å². The van der Waals surface area contributed by atoms with E-state index in [0.29, 0.717) is 15.1 Å². The van der Waals surface area contributed by atoms with Crippen LogP contribution in [0.15, 0.2) is 36.4 Å². The van der Waals surface area contributed by atoms with Gasteiger partial charge in [0.2, 0.25) is 0 Å². The topological polar surface area (TPSA) is 12.0 Å². The van der Waals surface area contributed by atoms with Crippen LogP contribution in [-0.2, 0) is 0 Å². The average molecular weight is 347 g/mol. The molecule has 0 saturated heterocycles. The largest absolute Gasteiger partial charge is 0.304 e. The van der Waals surface area contributed by atoms with E-state index < -0.39 is 0 Å². The molecule has 5 heteroatoms. The van der Waals surface area contributed by atoms with Gasteiger partial charge in [0, 0.05) is 12.1 Å². The van der Waals surface area contributed by atoms with E-state index in [1.54, 1.807) is 18.2 Å². The third-order valence-electron chi connectivity index (χ3n) is 3.40. The molecule has 0 fully saturated rings. The van der Waals surface area contributed by atoms with Gasteiger partial charge in [-0.2, -0.15) is 0 Å². The molecular weight excluding hydrogens is 332 g/mol. The molecule has 2 aromatic carbocycles. The van der Waals surface area contributed by atoms with Crippen LogP contribution >= 0.6 is 34.8 Å². The van der Waals surface area contributed by atoms with Gasteiger partial charge in [0.15, 0.2) is 0 Å². The zero-order valence-corrected chi connectivity index (χ0v) is 13.9. The molecule has 0 aliphatic rings. The number of halogens is 4. The Balaban J connectivity index is 2.16. The second-order valence-electron chi connectivity index (χ2n) is 4.93. The number of hydrogen-bond donors (Lipinski definition) is 1. The van der Waals surface area contributed by atoms with Gasteiger partial charge >= 0.3 is 0 Å². The molecule has 0 amide bonds. The summed E-state index contributed by atoms with van der Waals surface area (Å²) in [6.45, 7) is 4.00. The lowest BCUT2D eigenvalue weighted by molar-refractivity contribution is 0.494. The monoisotopic (exact) mass is 345 g/mol. The highest BCUT2D eigenvalue weighted by Crippen LogP contribution is 2.36. The Morgan fingerprint density at radius 1 is 0.857 bits per heavy atom. The molecule has 2 rings (SSSR count). The molecule has 1 N–H and O–H groups in total. The van der Waals surface area contributed by atoms with Gasteiger partial charge in [-0.1, -0.05) is 53.0 Å². The molecule has 0 aromatic heterocycles. The van der Waals surface area contributed by atoms with Crippen molar-refractivity contribution in [2.75, 3.05) is 0 Å². The third kappa shape index (κ3) is 3.89. The Hall–Kier alpha value is -0.800. The summed E-state index contributed by atoms with van der Waals surface area (Å²) in [4.78, 5) is 0. The lowest BCUT2D eigenvalue weighted by Crippen LogP contribution is -2.22. The fraction of sp³-hybridized carbons (Fsp3) is 0.250. The van der Waals surface area contributed by atoms with Crippen molar-refractivity contribution >= 4 is 34.8 Å². The molecular formula is C16H15Cl3FN. The van der Waals surface area contributed by atoms with E-state index in [1.165, 1.54) is 12.1 Å². The molecule has 1 unspecified atom stereocenters. The molecule has 0 spiro atoms. The number of hydrogen-bond acceptors (Lipinski definition) is 1. The summed E-state index contributed by atoms with van der Waals surface area (Å²) in [6.07, 6.45) is 0. The van der Waals surface area contributed by atoms with Gasteiger partial charge in [-0.3, -0.25) is 0 Å². The summed E-state index contributed by atoms with van der Waals surface area (Å²) in [5, 5.41) is 4.66. The van der Waals surface area contributed by atoms with Gasteiger partial charge in [0.05, 0.1) is 15.1 Å². The predicted octanol–water partition coefficient (Wildman–Crippen LogP) is 6.20. The molecule has 2 atom stereocenters. The standard InChI is InChI=1S/C16H15Cl3FN/c1-9(11-3-5-12(20)6-4-11)21-10(2)13-7-8-14(17)16(19)15(13)18/h3-10,21H,1-2H3/t9-,10?/m0/s1. The van der Waals surface area contributed by atoms with Crippen LogP contribution < -0.4 is 5.32 Å². The SMILES string of the molecule is CC(N[C@@H](C)c1ccc(F)cc1)c1ccc(Cl)c(Cl)c1Cl. The zero-order valence-electron chi connectivity index (χ0n) is 11.6. The maximum atomic E-state index is 12.9. The minimum Gasteiger partial charge on any atom is -0.304 e. The lowest BCUT2D eigenvalue weighted by Gasteiger charge is -2.22. The van der Waals surface area contributed by atoms with Crippen molar-refractivity contribution in [1.29, 1.82) is 0 Å². The van der Waals surface area contributed by atoms with Crippen LogP contribution in [0, 0.1) is 5.82 Å². The summed E-state index contributed by atoms with van der Waals surface area (Å²) >= 11 is 18.2. The van der Waals surface area contributed by atoms with Crippen molar-refractivity contribution < 1.29 is 4.39 Å². The van der Waals surface area contributed by atoms with Crippen LogP contribution in [0.25, 0.3) is 0 Å². The molecule has 0 aliphatic heterocycles. The summed E-state index contributed by atoms with van der Waals surface area (Å²) in [5.74, 6) is -0.244. The Kier molecular flexibility index (Phi) is 5.50. The van der Waals surface area contributed by atoms with Crippen LogP contribution in [0.5, 0.6) is 0 Å². The predicted molar refractivity (Wildman–Crippen MR) is 87.8 cm³/mol. The molecule has 0 radical (unpaired) electrons. The first-order valence-electron chi connectivity index (χ1n) is 6.55. The minimum atomic E-state index is -0.244. The summed E-state index contributed by atoms with van der Waals surface area (Å²) in [7, 11) is 0. The first-order valence-corrected chi connectivity index (χ1v) is 7.68. The summed E-state index contributed by atoms with van der Waals surface area (Å²) in [6, 6.07) is 10.0. The molecule has 1 nitrogen and oxygen atoms in total. The molecule has 0 aliphatic carbocycles. The van der Waals surface area contributed by atoms with Crippen molar-refractivity contribution in [3.05, 3.63) is 68.4 Å². The van der Waals surface area contributed by atoms with E-state index in [4.69, 9.17) is 34.8 Å². The highest BCUT2D eigenvalue weighted by atomic mass is 35.5. The van der Waals surface area contributed by atoms with E-state index in [-0.39, 0.29) is 17.9 Å². The Bertz CT molecular complexity index is 628. The van der Waals surface area contributed by atoms with Crippen LogP contribution in [0.1, 0.15) is 37.1 Å². The summed E-state index contributed by atoms with van der Waals surface area (Å²) in [5.41, 5.74) is 1.87. The van der Waals surface area contributed by atoms with Crippen LogP contribution in [-0.4, -0.2) is 0 Å². The van der Waals surface area contributed by atoms with E-state index in [1.807, 2.05) is 19.9 Å². The van der Waals surface area contributed by atoms with Crippen LogP contribution in [0.4, 0.5) is 4.39 Å². The number of rotatable bonds is 4. The minimum absolute atomic E-state index is 0.0210. The van der Waals surface area contributed by atoms with Gasteiger partial charge in [-0.15, -0.1) is 0 Å². The zero-order chi connectivity index (χ0) is 15.6. The Morgan fingerprint density at radius 3 is 2.10 bits per heavy atom. The normalized spacial score (nSPS) is 14.0. The summed E-state index contributed by atoms with van der Waals surface area (Å²) < 4.78 is 12.9.